The van der Waals surface area contributed by atoms with Crippen LogP contribution >= 0.6 is 0 Å². The zero-order valence-corrected chi connectivity index (χ0v) is 17.3. The van der Waals surface area contributed by atoms with Gasteiger partial charge < -0.3 is 14.4 Å². The molecule has 2 aliphatic heterocycles. The van der Waals surface area contributed by atoms with Crippen LogP contribution in [0.3, 0.4) is 0 Å². The number of hydrogen-bond acceptors (Lipinski definition) is 4. The highest BCUT2D eigenvalue weighted by atomic mass is 16.2. The molecule has 2 saturated heterocycles. The first-order chi connectivity index (χ1) is 14.6. The summed E-state index contributed by atoms with van der Waals surface area (Å²) < 4.78 is 3.65. The molecule has 7 nitrogen and oxygen atoms in total. The average molecular weight is 406 g/mol. The number of rotatable bonds is 4. The molecule has 1 amide bonds. The number of anilines is 1. The molecule has 0 saturated carbocycles. The normalized spacial score (nSPS) is 19.2. The first-order valence-corrected chi connectivity index (χ1v) is 10.8. The minimum absolute atomic E-state index is 0.0665. The Hall–Kier alpha value is -3.09. The fourth-order valence-corrected chi connectivity index (χ4v) is 4.60. The maximum Gasteiger partial charge on any atom is 0.269 e. The van der Waals surface area contributed by atoms with Gasteiger partial charge in [0.1, 0.15) is 6.54 Å². The maximum atomic E-state index is 13.1. The van der Waals surface area contributed by atoms with Crippen molar-refractivity contribution >= 4 is 22.5 Å². The van der Waals surface area contributed by atoms with Crippen LogP contribution in [0.4, 0.5) is 5.69 Å². The Morgan fingerprint density at radius 2 is 1.97 bits per heavy atom. The van der Waals surface area contributed by atoms with Crippen molar-refractivity contribution < 1.29 is 4.79 Å². The molecule has 0 bridgehead atoms. The lowest BCUT2D eigenvalue weighted by atomic mass is 10.1. The molecule has 0 spiro atoms. The SMILES string of the molecule is Cc1cc2ccccc2n1CC(=O)N1CCC[C@@H](n2ncc(N3CCC3)cc2=O)C1. The summed E-state index contributed by atoms with van der Waals surface area (Å²) >= 11 is 0. The van der Waals surface area contributed by atoms with Gasteiger partial charge in [-0.05, 0) is 43.7 Å². The highest BCUT2D eigenvalue weighted by Gasteiger charge is 2.27. The molecule has 1 atom stereocenters. The predicted molar refractivity (Wildman–Crippen MR) is 117 cm³/mol. The van der Waals surface area contributed by atoms with Crippen molar-refractivity contribution in [3.05, 3.63) is 58.6 Å². The number of para-hydroxylation sites is 1. The van der Waals surface area contributed by atoms with Crippen molar-refractivity contribution in [2.45, 2.75) is 38.8 Å². The van der Waals surface area contributed by atoms with E-state index in [1.807, 2.05) is 24.0 Å². The number of benzene rings is 1. The Bertz CT molecular complexity index is 1140. The molecule has 1 aromatic carbocycles. The lowest BCUT2D eigenvalue weighted by Gasteiger charge is -2.34. The molecule has 5 rings (SSSR count). The predicted octanol–water partition coefficient (Wildman–Crippen LogP) is 2.58. The van der Waals surface area contributed by atoms with Gasteiger partial charge in [0.25, 0.3) is 5.56 Å². The highest BCUT2D eigenvalue weighted by molar-refractivity contribution is 5.84. The van der Waals surface area contributed by atoms with Crippen LogP contribution in [0.1, 0.15) is 31.0 Å². The van der Waals surface area contributed by atoms with Gasteiger partial charge in [-0.3, -0.25) is 9.59 Å². The van der Waals surface area contributed by atoms with Gasteiger partial charge in [0, 0.05) is 43.5 Å². The lowest BCUT2D eigenvalue weighted by molar-refractivity contribution is -0.133. The summed E-state index contributed by atoms with van der Waals surface area (Å²) in [5.41, 5.74) is 2.99. The maximum absolute atomic E-state index is 13.1. The fourth-order valence-electron chi connectivity index (χ4n) is 4.60. The van der Waals surface area contributed by atoms with Crippen LogP contribution < -0.4 is 10.5 Å². The van der Waals surface area contributed by atoms with Crippen LogP contribution in [0.2, 0.25) is 0 Å². The number of piperidine rings is 1. The molecule has 2 aromatic heterocycles. The number of fused-ring (bicyclic) bond motifs is 1. The molecule has 0 N–H and O–H groups in total. The third-order valence-electron chi connectivity index (χ3n) is 6.44. The number of likely N-dealkylation sites (tertiary alicyclic amines) is 1. The van der Waals surface area contributed by atoms with Crippen molar-refractivity contribution in [3.8, 4) is 0 Å². The summed E-state index contributed by atoms with van der Waals surface area (Å²) in [6.07, 6.45) is 4.70. The minimum atomic E-state index is -0.0778. The van der Waals surface area contributed by atoms with E-state index in [0.717, 1.165) is 54.8 Å². The zero-order valence-electron chi connectivity index (χ0n) is 17.3. The third kappa shape index (κ3) is 3.38. The van der Waals surface area contributed by atoms with E-state index in [1.165, 1.54) is 6.42 Å². The summed E-state index contributed by atoms with van der Waals surface area (Å²) in [6.45, 7) is 5.60. The molecule has 2 fully saturated rings. The van der Waals surface area contributed by atoms with E-state index < -0.39 is 0 Å². The van der Waals surface area contributed by atoms with Gasteiger partial charge in [0.2, 0.25) is 5.91 Å². The highest BCUT2D eigenvalue weighted by Crippen LogP contribution is 2.23. The van der Waals surface area contributed by atoms with Crippen LogP contribution in [0.25, 0.3) is 10.9 Å². The van der Waals surface area contributed by atoms with E-state index >= 15 is 0 Å². The number of aromatic nitrogens is 3. The summed E-state index contributed by atoms with van der Waals surface area (Å²) in [6, 6.07) is 11.9. The number of carbonyl (C=O) groups is 1. The Balaban J connectivity index is 1.32. The second kappa shape index (κ2) is 7.63. The summed E-state index contributed by atoms with van der Waals surface area (Å²) in [4.78, 5) is 29.8. The van der Waals surface area contributed by atoms with Crippen LogP contribution in [0.5, 0.6) is 0 Å². The van der Waals surface area contributed by atoms with Crippen molar-refractivity contribution in [2.75, 3.05) is 31.1 Å². The van der Waals surface area contributed by atoms with Crippen molar-refractivity contribution in [3.63, 3.8) is 0 Å². The molecule has 0 radical (unpaired) electrons. The number of hydrogen-bond donors (Lipinski definition) is 0. The number of amides is 1. The summed E-state index contributed by atoms with van der Waals surface area (Å²) in [7, 11) is 0. The van der Waals surface area contributed by atoms with Gasteiger partial charge in [-0.15, -0.1) is 0 Å². The van der Waals surface area contributed by atoms with Crippen molar-refractivity contribution in [2.24, 2.45) is 0 Å². The summed E-state index contributed by atoms with van der Waals surface area (Å²) in [5.74, 6) is 0.0920. The molecular formula is C23H27N5O2. The first kappa shape index (κ1) is 18.9. The molecule has 0 unspecified atom stereocenters. The van der Waals surface area contributed by atoms with Gasteiger partial charge in [-0.2, -0.15) is 5.10 Å². The van der Waals surface area contributed by atoms with Gasteiger partial charge in [-0.1, -0.05) is 18.2 Å². The molecule has 156 valence electrons. The van der Waals surface area contributed by atoms with E-state index in [4.69, 9.17) is 0 Å². The second-order valence-electron chi connectivity index (χ2n) is 8.40. The Kier molecular flexibility index (Phi) is 4.81. The molecule has 0 aliphatic carbocycles. The van der Waals surface area contributed by atoms with Gasteiger partial charge in [0.05, 0.1) is 17.9 Å². The number of carbonyl (C=O) groups excluding carboxylic acids is 1. The minimum Gasteiger partial charge on any atom is -0.370 e. The van der Waals surface area contributed by atoms with Crippen LogP contribution in [-0.4, -0.2) is 51.3 Å². The van der Waals surface area contributed by atoms with Crippen LogP contribution in [0, 0.1) is 6.92 Å². The molecule has 2 aliphatic rings. The largest absolute Gasteiger partial charge is 0.370 e. The Morgan fingerprint density at radius 3 is 2.73 bits per heavy atom. The van der Waals surface area contributed by atoms with E-state index in [1.54, 1.807) is 16.9 Å². The Morgan fingerprint density at radius 1 is 1.13 bits per heavy atom. The Labute approximate surface area is 175 Å². The molecular weight excluding hydrogens is 378 g/mol. The van der Waals surface area contributed by atoms with E-state index in [2.05, 4.69) is 32.8 Å². The molecule has 30 heavy (non-hydrogen) atoms. The van der Waals surface area contributed by atoms with Gasteiger partial charge in [-0.25, -0.2) is 4.68 Å². The van der Waals surface area contributed by atoms with Crippen molar-refractivity contribution in [1.82, 2.24) is 19.2 Å². The van der Waals surface area contributed by atoms with E-state index in [-0.39, 0.29) is 17.5 Å². The smallest absolute Gasteiger partial charge is 0.269 e. The lowest BCUT2D eigenvalue weighted by Crippen LogP contribution is -2.45. The monoisotopic (exact) mass is 405 g/mol. The fraction of sp³-hybridized carbons (Fsp3) is 0.435. The average Bonchev–Trinajstić information content (AvgIpc) is 3.02. The quantitative estimate of drug-likeness (QED) is 0.669. The zero-order chi connectivity index (χ0) is 20.7. The second-order valence-corrected chi connectivity index (χ2v) is 8.40. The first-order valence-electron chi connectivity index (χ1n) is 10.8. The number of aryl methyl sites for hydroxylation is 1. The topological polar surface area (TPSA) is 63.4 Å². The van der Waals surface area contributed by atoms with Crippen LogP contribution in [0.15, 0.2) is 47.4 Å². The molecule has 7 heteroatoms. The standard InChI is InChI=1S/C23H27N5O2/c1-17-12-18-6-2-3-8-21(18)27(17)16-23(30)26-9-4-7-19(15-26)28-22(29)13-20(14-24-28)25-10-5-11-25/h2-3,6,8,12-14,19H,4-5,7,9-11,15-16H2,1H3/t19-/m1/s1. The van der Waals surface area contributed by atoms with E-state index in [0.29, 0.717) is 13.1 Å². The van der Waals surface area contributed by atoms with Crippen molar-refractivity contribution in [1.29, 1.82) is 0 Å². The molecule has 4 heterocycles. The van der Waals surface area contributed by atoms with E-state index in [9.17, 15) is 9.59 Å². The van der Waals surface area contributed by atoms with Crippen LogP contribution in [-0.2, 0) is 11.3 Å². The third-order valence-corrected chi connectivity index (χ3v) is 6.44. The molecule has 3 aromatic rings. The summed E-state index contributed by atoms with van der Waals surface area (Å²) in [5, 5.41) is 5.60. The van der Waals surface area contributed by atoms with Gasteiger partial charge >= 0.3 is 0 Å². The number of nitrogens with zero attached hydrogens (tertiary/aromatic N) is 5. The van der Waals surface area contributed by atoms with Gasteiger partial charge in [0.15, 0.2) is 0 Å².